The highest BCUT2D eigenvalue weighted by Crippen LogP contribution is 2.20. The molecular formula is C14H16N2S. The molecule has 17 heavy (non-hydrogen) atoms. The van der Waals surface area contributed by atoms with Crippen LogP contribution in [0.15, 0.2) is 53.7 Å². The van der Waals surface area contributed by atoms with E-state index in [-0.39, 0.29) is 0 Å². The van der Waals surface area contributed by atoms with Gasteiger partial charge in [0.15, 0.2) is 0 Å². The molecule has 0 bridgehead atoms. The molecule has 0 aliphatic rings. The first kappa shape index (κ1) is 12.1. The lowest BCUT2D eigenvalue weighted by Crippen LogP contribution is -2.02. The van der Waals surface area contributed by atoms with Gasteiger partial charge in [-0.25, -0.2) is 4.98 Å². The molecule has 0 fully saturated rings. The largest absolute Gasteiger partial charge is 0.330 e. The summed E-state index contributed by atoms with van der Waals surface area (Å²) in [5.74, 6) is 0.962. The van der Waals surface area contributed by atoms with Crippen LogP contribution in [0.5, 0.6) is 0 Å². The summed E-state index contributed by atoms with van der Waals surface area (Å²) in [4.78, 5) is 4.42. The standard InChI is InChI=1S/C14H16N2S/c15-9-8-12-6-7-14(16-10-12)17-11-13-4-2-1-3-5-13/h1-7,10H,8-9,11,15H2. The van der Waals surface area contributed by atoms with Crippen LogP contribution in [0.25, 0.3) is 0 Å². The fourth-order valence-electron chi connectivity index (χ4n) is 1.54. The minimum absolute atomic E-state index is 0.679. The quantitative estimate of drug-likeness (QED) is 0.822. The fourth-order valence-corrected chi connectivity index (χ4v) is 2.34. The molecule has 0 amide bonds. The number of nitrogens with two attached hydrogens (primary N) is 1. The van der Waals surface area contributed by atoms with E-state index in [0.29, 0.717) is 6.54 Å². The molecule has 0 saturated heterocycles. The maximum absolute atomic E-state index is 5.50. The molecule has 0 atom stereocenters. The van der Waals surface area contributed by atoms with Crippen molar-refractivity contribution in [2.45, 2.75) is 17.2 Å². The molecule has 3 heteroatoms. The summed E-state index contributed by atoms with van der Waals surface area (Å²) < 4.78 is 0. The van der Waals surface area contributed by atoms with Crippen LogP contribution in [0.2, 0.25) is 0 Å². The average Bonchev–Trinajstić information content (AvgIpc) is 2.40. The van der Waals surface area contributed by atoms with Crippen molar-refractivity contribution in [3.8, 4) is 0 Å². The van der Waals surface area contributed by atoms with E-state index >= 15 is 0 Å². The highest BCUT2D eigenvalue weighted by atomic mass is 32.2. The van der Waals surface area contributed by atoms with Crippen LogP contribution in [0, 0.1) is 0 Å². The third-order valence-corrected chi connectivity index (χ3v) is 3.48. The van der Waals surface area contributed by atoms with Gasteiger partial charge >= 0.3 is 0 Å². The molecule has 0 aliphatic carbocycles. The molecule has 0 spiro atoms. The second-order valence-electron chi connectivity index (χ2n) is 3.82. The van der Waals surface area contributed by atoms with E-state index in [1.165, 1.54) is 11.1 Å². The minimum atomic E-state index is 0.679. The van der Waals surface area contributed by atoms with Crippen LogP contribution in [0.3, 0.4) is 0 Å². The first-order valence-electron chi connectivity index (χ1n) is 5.70. The van der Waals surface area contributed by atoms with Crippen LogP contribution in [0.1, 0.15) is 11.1 Å². The number of aromatic nitrogens is 1. The van der Waals surface area contributed by atoms with Gasteiger partial charge in [-0.15, -0.1) is 11.8 Å². The van der Waals surface area contributed by atoms with Gasteiger partial charge in [-0.2, -0.15) is 0 Å². The summed E-state index contributed by atoms with van der Waals surface area (Å²) in [7, 11) is 0. The first-order valence-corrected chi connectivity index (χ1v) is 6.69. The van der Waals surface area contributed by atoms with Crippen molar-refractivity contribution in [3.63, 3.8) is 0 Å². The van der Waals surface area contributed by atoms with E-state index in [4.69, 9.17) is 5.73 Å². The number of hydrogen-bond donors (Lipinski definition) is 1. The third kappa shape index (κ3) is 3.88. The zero-order valence-electron chi connectivity index (χ0n) is 9.67. The Balaban J connectivity index is 1.91. The van der Waals surface area contributed by atoms with Crippen molar-refractivity contribution in [2.24, 2.45) is 5.73 Å². The van der Waals surface area contributed by atoms with Gasteiger partial charge < -0.3 is 5.73 Å². The number of pyridine rings is 1. The molecule has 1 heterocycles. The van der Waals surface area contributed by atoms with Gasteiger partial charge in [0.1, 0.15) is 0 Å². The van der Waals surface area contributed by atoms with E-state index in [0.717, 1.165) is 17.2 Å². The maximum Gasteiger partial charge on any atom is 0.0963 e. The van der Waals surface area contributed by atoms with Crippen LogP contribution in [0.4, 0.5) is 0 Å². The van der Waals surface area contributed by atoms with Crippen molar-refractivity contribution in [1.29, 1.82) is 0 Å². The summed E-state index contributed by atoms with van der Waals surface area (Å²) in [6.45, 7) is 0.679. The number of benzene rings is 1. The normalized spacial score (nSPS) is 10.4. The molecule has 0 unspecified atom stereocenters. The molecule has 2 nitrogen and oxygen atoms in total. The lowest BCUT2D eigenvalue weighted by Gasteiger charge is -2.02. The molecule has 0 radical (unpaired) electrons. The summed E-state index contributed by atoms with van der Waals surface area (Å²) in [5, 5.41) is 1.06. The van der Waals surface area contributed by atoms with Gasteiger partial charge in [-0.1, -0.05) is 36.4 Å². The van der Waals surface area contributed by atoms with Gasteiger partial charge in [-0.05, 0) is 30.2 Å². The summed E-state index contributed by atoms with van der Waals surface area (Å²) in [6, 6.07) is 14.6. The fraction of sp³-hybridized carbons (Fsp3) is 0.214. The molecule has 2 rings (SSSR count). The Bertz CT molecular complexity index is 440. The summed E-state index contributed by atoms with van der Waals surface area (Å²) >= 11 is 1.76. The van der Waals surface area contributed by atoms with Crippen molar-refractivity contribution in [3.05, 3.63) is 59.8 Å². The van der Waals surface area contributed by atoms with Crippen LogP contribution in [-0.4, -0.2) is 11.5 Å². The third-order valence-electron chi connectivity index (χ3n) is 2.46. The van der Waals surface area contributed by atoms with Crippen molar-refractivity contribution in [1.82, 2.24) is 4.98 Å². The van der Waals surface area contributed by atoms with Gasteiger partial charge in [0.2, 0.25) is 0 Å². The lowest BCUT2D eigenvalue weighted by atomic mass is 10.2. The minimum Gasteiger partial charge on any atom is -0.330 e. The number of rotatable bonds is 5. The zero-order chi connectivity index (χ0) is 11.9. The van der Waals surface area contributed by atoms with Crippen LogP contribution >= 0.6 is 11.8 Å². The number of nitrogens with zero attached hydrogens (tertiary/aromatic N) is 1. The Kier molecular flexibility index (Phi) is 4.59. The van der Waals surface area contributed by atoms with Crippen LogP contribution < -0.4 is 5.73 Å². The predicted molar refractivity (Wildman–Crippen MR) is 73.0 cm³/mol. The highest BCUT2D eigenvalue weighted by Gasteiger charge is 1.98. The number of hydrogen-bond acceptors (Lipinski definition) is 3. The molecule has 0 aliphatic heterocycles. The van der Waals surface area contributed by atoms with Crippen molar-refractivity contribution in [2.75, 3.05) is 6.54 Å². The molecule has 0 saturated carbocycles. The molecule has 1 aromatic carbocycles. The molecule has 1 aromatic heterocycles. The smallest absolute Gasteiger partial charge is 0.0963 e. The van der Waals surface area contributed by atoms with E-state index in [1.807, 2.05) is 12.3 Å². The Hall–Kier alpha value is -1.32. The Morgan fingerprint density at radius 1 is 1.00 bits per heavy atom. The van der Waals surface area contributed by atoms with E-state index in [1.54, 1.807) is 11.8 Å². The molecule has 2 aromatic rings. The van der Waals surface area contributed by atoms with Gasteiger partial charge in [-0.3, -0.25) is 0 Å². The average molecular weight is 244 g/mol. The topological polar surface area (TPSA) is 38.9 Å². The lowest BCUT2D eigenvalue weighted by molar-refractivity contribution is 0.945. The summed E-state index contributed by atoms with van der Waals surface area (Å²) in [5.41, 5.74) is 8.03. The van der Waals surface area contributed by atoms with Gasteiger partial charge in [0.05, 0.1) is 5.03 Å². The van der Waals surface area contributed by atoms with Crippen LogP contribution in [-0.2, 0) is 12.2 Å². The second kappa shape index (κ2) is 6.42. The van der Waals surface area contributed by atoms with Gasteiger partial charge in [0, 0.05) is 11.9 Å². The molecule has 88 valence electrons. The highest BCUT2D eigenvalue weighted by molar-refractivity contribution is 7.98. The molecular weight excluding hydrogens is 228 g/mol. The van der Waals surface area contributed by atoms with Gasteiger partial charge in [0.25, 0.3) is 0 Å². The monoisotopic (exact) mass is 244 g/mol. The van der Waals surface area contributed by atoms with E-state index in [2.05, 4.69) is 41.4 Å². The Morgan fingerprint density at radius 3 is 2.47 bits per heavy atom. The van der Waals surface area contributed by atoms with E-state index < -0.39 is 0 Å². The first-order chi connectivity index (χ1) is 8.38. The van der Waals surface area contributed by atoms with Crippen molar-refractivity contribution >= 4 is 11.8 Å². The van der Waals surface area contributed by atoms with E-state index in [9.17, 15) is 0 Å². The Morgan fingerprint density at radius 2 is 1.82 bits per heavy atom. The predicted octanol–water partition coefficient (Wildman–Crippen LogP) is 2.88. The zero-order valence-corrected chi connectivity index (χ0v) is 10.5. The second-order valence-corrected chi connectivity index (χ2v) is 4.81. The molecule has 2 N–H and O–H groups in total. The summed E-state index contributed by atoms with van der Waals surface area (Å²) in [6.07, 6.45) is 2.82. The maximum atomic E-state index is 5.50. The SMILES string of the molecule is NCCc1ccc(SCc2ccccc2)nc1. The van der Waals surface area contributed by atoms with Crippen molar-refractivity contribution < 1.29 is 0 Å². The number of thioether (sulfide) groups is 1. The Labute approximate surface area is 106 Å².